The van der Waals surface area contributed by atoms with Crippen molar-refractivity contribution in [3.05, 3.63) is 74.3 Å². The minimum atomic E-state index is -0.607. The van der Waals surface area contributed by atoms with Gasteiger partial charge in [0.1, 0.15) is 5.56 Å². The lowest BCUT2D eigenvalue weighted by Crippen LogP contribution is -2.24. The molecule has 0 radical (unpaired) electrons. The van der Waals surface area contributed by atoms with E-state index in [1.807, 2.05) is 24.3 Å². The van der Waals surface area contributed by atoms with Gasteiger partial charge in [-0.1, -0.05) is 35.9 Å². The van der Waals surface area contributed by atoms with Crippen molar-refractivity contribution in [3.8, 4) is 0 Å². The zero-order valence-corrected chi connectivity index (χ0v) is 13.2. The van der Waals surface area contributed by atoms with E-state index in [2.05, 4.69) is 5.32 Å². The molecule has 2 aromatic carbocycles. The van der Waals surface area contributed by atoms with Crippen molar-refractivity contribution in [1.82, 2.24) is 5.32 Å². The summed E-state index contributed by atoms with van der Waals surface area (Å²) in [5.41, 5.74) is 1.48. The molecule has 0 aliphatic rings. The summed E-state index contributed by atoms with van der Waals surface area (Å²) in [6.45, 7) is 0.658. The van der Waals surface area contributed by atoms with Crippen molar-refractivity contribution < 1.29 is 14.5 Å². The molecule has 0 aliphatic heterocycles. The first kappa shape index (κ1) is 16.9. The Morgan fingerprint density at radius 1 is 1.26 bits per heavy atom. The number of halogens is 1. The van der Waals surface area contributed by atoms with Gasteiger partial charge in [-0.05, 0) is 23.3 Å². The van der Waals surface area contributed by atoms with E-state index in [-0.39, 0.29) is 22.8 Å². The summed E-state index contributed by atoms with van der Waals surface area (Å²) >= 11 is 5.83. The van der Waals surface area contributed by atoms with Crippen LogP contribution in [-0.2, 0) is 17.9 Å². The van der Waals surface area contributed by atoms with Gasteiger partial charge in [0.2, 0.25) is 0 Å². The highest BCUT2D eigenvalue weighted by Gasteiger charge is 2.20. The molecule has 6 nitrogen and oxygen atoms in total. The van der Waals surface area contributed by atoms with Crippen LogP contribution >= 0.6 is 11.6 Å². The molecule has 7 heteroatoms. The molecule has 120 valence electrons. The number of carbonyl (C=O) groups is 1. The lowest BCUT2D eigenvalue weighted by molar-refractivity contribution is -0.385. The van der Waals surface area contributed by atoms with E-state index in [1.54, 1.807) is 7.11 Å². The summed E-state index contributed by atoms with van der Waals surface area (Å²) in [5, 5.41) is 14.0. The van der Waals surface area contributed by atoms with E-state index in [9.17, 15) is 14.9 Å². The Labute approximate surface area is 138 Å². The number of nitro groups is 1. The summed E-state index contributed by atoms with van der Waals surface area (Å²) in [6.07, 6.45) is 0. The largest absolute Gasteiger partial charge is 0.380 e. The molecule has 0 aromatic heterocycles. The molecule has 0 atom stereocenters. The number of hydrogen-bond acceptors (Lipinski definition) is 4. The minimum Gasteiger partial charge on any atom is -0.380 e. The molecule has 0 aliphatic carbocycles. The highest BCUT2D eigenvalue weighted by Crippen LogP contribution is 2.22. The third kappa shape index (κ3) is 4.28. The molecular formula is C16H15ClN2O4. The third-order valence-electron chi connectivity index (χ3n) is 3.26. The number of nitro benzene ring substituents is 1. The average Bonchev–Trinajstić information content (AvgIpc) is 2.53. The Morgan fingerprint density at radius 2 is 1.96 bits per heavy atom. The molecule has 0 bridgehead atoms. The number of rotatable bonds is 6. The zero-order valence-electron chi connectivity index (χ0n) is 12.4. The SMILES string of the molecule is COCc1ccccc1CNC(=O)c1cc(Cl)ccc1[N+](=O)[O-]. The van der Waals surface area contributed by atoms with E-state index in [0.717, 1.165) is 11.1 Å². The molecule has 0 spiro atoms. The molecule has 0 unspecified atom stereocenters. The van der Waals surface area contributed by atoms with Crippen LogP contribution in [0.25, 0.3) is 0 Å². The fourth-order valence-electron chi connectivity index (χ4n) is 2.15. The molecule has 0 heterocycles. The Hall–Kier alpha value is -2.44. The number of ether oxygens (including phenoxy) is 1. The predicted molar refractivity (Wildman–Crippen MR) is 86.4 cm³/mol. The van der Waals surface area contributed by atoms with Crippen molar-refractivity contribution in [2.75, 3.05) is 7.11 Å². The Balaban J connectivity index is 2.18. The standard InChI is InChI=1S/C16H15ClN2O4/c1-23-10-12-5-3-2-4-11(12)9-18-16(20)14-8-13(17)6-7-15(14)19(21)22/h2-8H,9-10H2,1H3,(H,18,20). The second-order valence-electron chi connectivity index (χ2n) is 4.80. The highest BCUT2D eigenvalue weighted by molar-refractivity contribution is 6.31. The molecule has 1 N–H and O–H groups in total. The minimum absolute atomic E-state index is 0.0632. The molecule has 23 heavy (non-hydrogen) atoms. The number of nitrogens with one attached hydrogen (secondary N) is 1. The van der Waals surface area contributed by atoms with Crippen molar-refractivity contribution in [1.29, 1.82) is 0 Å². The molecule has 2 rings (SSSR count). The molecular weight excluding hydrogens is 320 g/mol. The van der Waals surface area contributed by atoms with Crippen LogP contribution in [0.15, 0.2) is 42.5 Å². The van der Waals surface area contributed by atoms with E-state index in [1.165, 1.54) is 18.2 Å². The van der Waals surface area contributed by atoms with Gasteiger partial charge in [0.25, 0.3) is 11.6 Å². The Kier molecular flexibility index (Phi) is 5.67. The van der Waals surface area contributed by atoms with Gasteiger partial charge in [-0.25, -0.2) is 0 Å². The first-order valence-corrected chi connectivity index (χ1v) is 7.18. The van der Waals surface area contributed by atoms with Gasteiger partial charge in [0, 0.05) is 24.7 Å². The number of hydrogen-bond donors (Lipinski definition) is 1. The van der Waals surface area contributed by atoms with E-state index >= 15 is 0 Å². The number of nitrogens with zero attached hydrogens (tertiary/aromatic N) is 1. The van der Waals surface area contributed by atoms with Gasteiger partial charge in [-0.15, -0.1) is 0 Å². The summed E-state index contributed by atoms with van der Waals surface area (Å²) in [5.74, 6) is -0.550. The first-order chi connectivity index (χ1) is 11.0. The predicted octanol–water partition coefficient (Wildman–Crippen LogP) is 3.32. The van der Waals surface area contributed by atoms with Crippen molar-refractivity contribution in [2.24, 2.45) is 0 Å². The fourth-order valence-corrected chi connectivity index (χ4v) is 2.32. The van der Waals surface area contributed by atoms with Gasteiger partial charge in [-0.3, -0.25) is 14.9 Å². The maximum Gasteiger partial charge on any atom is 0.282 e. The fraction of sp³-hybridized carbons (Fsp3) is 0.188. The van der Waals surface area contributed by atoms with Gasteiger partial charge >= 0.3 is 0 Å². The van der Waals surface area contributed by atoms with Gasteiger partial charge in [0.05, 0.1) is 11.5 Å². The lowest BCUT2D eigenvalue weighted by Gasteiger charge is -2.10. The van der Waals surface area contributed by atoms with Gasteiger partial charge in [0.15, 0.2) is 0 Å². The smallest absolute Gasteiger partial charge is 0.282 e. The van der Waals surface area contributed by atoms with Crippen LogP contribution in [0.2, 0.25) is 5.02 Å². The zero-order chi connectivity index (χ0) is 16.8. The van der Waals surface area contributed by atoms with E-state index in [4.69, 9.17) is 16.3 Å². The quantitative estimate of drug-likeness (QED) is 0.649. The summed E-state index contributed by atoms with van der Waals surface area (Å²) in [6, 6.07) is 11.4. The van der Waals surface area contributed by atoms with E-state index in [0.29, 0.717) is 6.61 Å². The monoisotopic (exact) mass is 334 g/mol. The molecule has 0 saturated carbocycles. The lowest BCUT2D eigenvalue weighted by atomic mass is 10.1. The van der Waals surface area contributed by atoms with E-state index < -0.39 is 10.8 Å². The summed E-state index contributed by atoms with van der Waals surface area (Å²) in [4.78, 5) is 22.7. The van der Waals surface area contributed by atoms with Crippen LogP contribution in [0, 0.1) is 10.1 Å². The number of carbonyl (C=O) groups excluding carboxylic acids is 1. The number of benzene rings is 2. The topological polar surface area (TPSA) is 81.5 Å². The van der Waals surface area contributed by atoms with Crippen LogP contribution in [0.3, 0.4) is 0 Å². The number of amides is 1. The van der Waals surface area contributed by atoms with Crippen LogP contribution in [-0.4, -0.2) is 17.9 Å². The van der Waals surface area contributed by atoms with Crippen LogP contribution < -0.4 is 5.32 Å². The Morgan fingerprint density at radius 3 is 2.61 bits per heavy atom. The first-order valence-electron chi connectivity index (χ1n) is 6.80. The van der Waals surface area contributed by atoms with Crippen molar-refractivity contribution in [3.63, 3.8) is 0 Å². The van der Waals surface area contributed by atoms with Crippen LogP contribution in [0.1, 0.15) is 21.5 Å². The van der Waals surface area contributed by atoms with Gasteiger partial charge < -0.3 is 10.1 Å². The van der Waals surface area contributed by atoms with Gasteiger partial charge in [-0.2, -0.15) is 0 Å². The Bertz CT molecular complexity index is 734. The van der Waals surface area contributed by atoms with Crippen molar-refractivity contribution >= 4 is 23.2 Å². The summed E-state index contributed by atoms with van der Waals surface area (Å²) in [7, 11) is 1.59. The normalized spacial score (nSPS) is 10.3. The third-order valence-corrected chi connectivity index (χ3v) is 3.49. The van der Waals surface area contributed by atoms with Crippen LogP contribution in [0.4, 0.5) is 5.69 Å². The maximum atomic E-state index is 12.3. The molecule has 0 saturated heterocycles. The highest BCUT2D eigenvalue weighted by atomic mass is 35.5. The van der Waals surface area contributed by atoms with Crippen molar-refractivity contribution in [2.45, 2.75) is 13.2 Å². The average molecular weight is 335 g/mol. The molecule has 1 amide bonds. The second-order valence-corrected chi connectivity index (χ2v) is 5.24. The number of methoxy groups -OCH3 is 1. The molecule has 0 fully saturated rings. The second kappa shape index (κ2) is 7.71. The molecule has 2 aromatic rings. The summed E-state index contributed by atoms with van der Waals surface area (Å²) < 4.78 is 5.11. The van der Waals surface area contributed by atoms with Crippen LogP contribution in [0.5, 0.6) is 0 Å². The maximum absolute atomic E-state index is 12.3.